The summed E-state index contributed by atoms with van der Waals surface area (Å²) in [7, 11) is 0. The highest BCUT2D eigenvalue weighted by molar-refractivity contribution is 7.13. The summed E-state index contributed by atoms with van der Waals surface area (Å²) < 4.78 is 5.08. The number of rotatable bonds is 10. The second-order valence-electron chi connectivity index (χ2n) is 9.67. The van der Waals surface area contributed by atoms with Gasteiger partial charge in [-0.25, -0.2) is 4.98 Å². The third-order valence-corrected chi connectivity index (χ3v) is 6.99. The number of thiazole rings is 1. The van der Waals surface area contributed by atoms with E-state index in [4.69, 9.17) is 4.74 Å². The van der Waals surface area contributed by atoms with Crippen LogP contribution in [0.25, 0.3) is 0 Å². The van der Waals surface area contributed by atoms with Crippen molar-refractivity contribution in [2.45, 2.75) is 47.0 Å². The van der Waals surface area contributed by atoms with Crippen LogP contribution in [0.1, 0.15) is 55.2 Å². The molecule has 0 unspecified atom stereocenters. The Morgan fingerprint density at radius 1 is 1.19 bits per heavy atom. The number of nitrogens with one attached hydrogen (secondary N) is 1. The minimum atomic E-state index is -0.337. The number of hydrogen-bond acceptors (Lipinski definition) is 7. The van der Waals surface area contributed by atoms with Gasteiger partial charge in [-0.15, -0.1) is 11.3 Å². The molecule has 0 spiro atoms. The molecule has 37 heavy (non-hydrogen) atoms. The number of benzene rings is 1. The number of hydrogen-bond donors (Lipinski definition) is 1. The number of aryl methyl sites for hydroxylation is 1. The predicted octanol–water partition coefficient (Wildman–Crippen LogP) is 3.53. The molecule has 0 radical (unpaired) electrons. The van der Waals surface area contributed by atoms with Gasteiger partial charge in [0.05, 0.1) is 24.6 Å². The molecule has 10 heteroatoms. The molecule has 2 aromatic rings. The molecule has 0 saturated carbocycles. The molecule has 1 saturated heterocycles. The molecule has 1 N–H and O–H groups in total. The van der Waals surface area contributed by atoms with E-state index >= 15 is 0 Å². The van der Waals surface area contributed by atoms with Crippen LogP contribution in [0.2, 0.25) is 0 Å². The van der Waals surface area contributed by atoms with Gasteiger partial charge in [0.25, 0.3) is 5.91 Å². The summed E-state index contributed by atoms with van der Waals surface area (Å²) >= 11 is 1.25. The van der Waals surface area contributed by atoms with Gasteiger partial charge in [0.1, 0.15) is 6.54 Å². The Labute approximate surface area is 222 Å². The molecular formula is C27H36N4O5S. The minimum Gasteiger partial charge on any atom is -0.466 e. The van der Waals surface area contributed by atoms with Crippen LogP contribution in [0, 0.1) is 18.8 Å². The van der Waals surface area contributed by atoms with Gasteiger partial charge in [0, 0.05) is 30.6 Å². The summed E-state index contributed by atoms with van der Waals surface area (Å²) in [6, 6.07) is 7.34. The zero-order valence-electron chi connectivity index (χ0n) is 22.0. The maximum atomic E-state index is 13.1. The third kappa shape index (κ3) is 8.11. The van der Waals surface area contributed by atoms with Crippen molar-refractivity contribution in [2.24, 2.45) is 11.8 Å². The van der Waals surface area contributed by atoms with Crippen molar-refractivity contribution in [3.05, 3.63) is 46.5 Å². The fourth-order valence-electron chi connectivity index (χ4n) is 4.31. The van der Waals surface area contributed by atoms with Gasteiger partial charge < -0.3 is 19.9 Å². The number of nitrogens with zero attached hydrogens (tertiary/aromatic N) is 3. The summed E-state index contributed by atoms with van der Waals surface area (Å²) in [5, 5.41) is 4.91. The Hall–Kier alpha value is -3.27. The number of carbonyl (C=O) groups excluding carboxylic acids is 4. The van der Waals surface area contributed by atoms with Gasteiger partial charge in [0.2, 0.25) is 11.8 Å². The summed E-state index contributed by atoms with van der Waals surface area (Å²) in [6.07, 6.45) is 1.32. The standard InChI is InChI=1S/C27H36N4O5S/c1-5-36-26(35)20-10-12-30(13-11-20)24(33)14-21-17-37-27(28-21)29-23(32)16-31(15-18(2)3)25(34)22-9-7-6-8-19(22)4/h6-9,17-18,20H,5,10-16H2,1-4H3,(H,28,29,32). The van der Waals surface area contributed by atoms with Gasteiger partial charge in [-0.2, -0.15) is 0 Å². The van der Waals surface area contributed by atoms with Crippen molar-refractivity contribution < 1.29 is 23.9 Å². The molecule has 2 heterocycles. The van der Waals surface area contributed by atoms with Crippen LogP contribution < -0.4 is 5.32 Å². The van der Waals surface area contributed by atoms with Crippen LogP contribution in [0.4, 0.5) is 5.13 Å². The Morgan fingerprint density at radius 3 is 2.54 bits per heavy atom. The number of carbonyl (C=O) groups is 4. The van der Waals surface area contributed by atoms with Crippen molar-refractivity contribution in [3.63, 3.8) is 0 Å². The number of likely N-dealkylation sites (tertiary alicyclic amines) is 1. The molecule has 1 aliphatic heterocycles. The molecule has 1 aliphatic rings. The van der Waals surface area contributed by atoms with E-state index in [9.17, 15) is 19.2 Å². The predicted molar refractivity (Wildman–Crippen MR) is 142 cm³/mol. The first kappa shape index (κ1) is 28.3. The van der Waals surface area contributed by atoms with E-state index < -0.39 is 0 Å². The molecule has 9 nitrogen and oxygen atoms in total. The van der Waals surface area contributed by atoms with Gasteiger partial charge in [0.15, 0.2) is 5.13 Å². The molecule has 1 fully saturated rings. The molecule has 0 atom stereocenters. The average Bonchev–Trinajstić information content (AvgIpc) is 3.29. The molecule has 1 aromatic carbocycles. The monoisotopic (exact) mass is 528 g/mol. The van der Waals surface area contributed by atoms with Crippen molar-refractivity contribution in [1.82, 2.24) is 14.8 Å². The van der Waals surface area contributed by atoms with Gasteiger partial charge in [-0.1, -0.05) is 32.0 Å². The fourth-order valence-corrected chi connectivity index (χ4v) is 5.04. The van der Waals surface area contributed by atoms with Crippen LogP contribution in [-0.2, 0) is 25.5 Å². The largest absolute Gasteiger partial charge is 0.466 e. The maximum absolute atomic E-state index is 13.1. The highest BCUT2D eigenvalue weighted by Crippen LogP contribution is 2.21. The highest BCUT2D eigenvalue weighted by atomic mass is 32.1. The first-order valence-electron chi connectivity index (χ1n) is 12.7. The minimum absolute atomic E-state index is 0.0579. The van der Waals surface area contributed by atoms with Gasteiger partial charge in [-0.05, 0) is 44.2 Å². The average molecular weight is 529 g/mol. The van der Waals surface area contributed by atoms with Crippen molar-refractivity contribution >= 4 is 40.2 Å². The molecule has 1 aromatic heterocycles. The Morgan fingerprint density at radius 2 is 1.89 bits per heavy atom. The highest BCUT2D eigenvalue weighted by Gasteiger charge is 2.28. The SMILES string of the molecule is CCOC(=O)C1CCN(C(=O)Cc2csc(NC(=O)CN(CC(C)C)C(=O)c3ccccc3C)n2)CC1. The lowest BCUT2D eigenvalue weighted by Gasteiger charge is -2.30. The zero-order valence-corrected chi connectivity index (χ0v) is 22.8. The molecule has 3 rings (SSSR count). The van der Waals surface area contributed by atoms with Crippen LogP contribution in [-0.4, -0.2) is 71.3 Å². The molecular weight excluding hydrogens is 492 g/mol. The number of amides is 3. The van der Waals surface area contributed by atoms with E-state index in [1.54, 1.807) is 28.2 Å². The quantitative estimate of drug-likeness (QED) is 0.473. The first-order valence-corrected chi connectivity index (χ1v) is 13.6. The lowest BCUT2D eigenvalue weighted by molar-refractivity contribution is -0.151. The number of ether oxygens (including phenoxy) is 1. The number of anilines is 1. The Kier molecular flexibility index (Phi) is 10.2. The van der Waals surface area contributed by atoms with Crippen molar-refractivity contribution in [2.75, 3.05) is 38.1 Å². The lowest BCUT2D eigenvalue weighted by atomic mass is 9.97. The first-order chi connectivity index (χ1) is 17.7. The third-order valence-electron chi connectivity index (χ3n) is 6.18. The van der Waals surface area contributed by atoms with E-state index in [2.05, 4.69) is 10.3 Å². The van der Waals surface area contributed by atoms with Gasteiger partial charge >= 0.3 is 5.97 Å². The molecule has 0 bridgehead atoms. The normalized spacial score (nSPS) is 13.9. The Balaban J connectivity index is 1.53. The molecule has 200 valence electrons. The van der Waals surface area contributed by atoms with Crippen LogP contribution in [0.5, 0.6) is 0 Å². The summed E-state index contributed by atoms with van der Waals surface area (Å²) in [5.41, 5.74) is 2.02. The van der Waals surface area contributed by atoms with Crippen LogP contribution in [0.15, 0.2) is 29.6 Å². The van der Waals surface area contributed by atoms with E-state index in [1.807, 2.05) is 39.0 Å². The van der Waals surface area contributed by atoms with Gasteiger partial charge in [-0.3, -0.25) is 19.2 Å². The number of esters is 1. The summed E-state index contributed by atoms with van der Waals surface area (Å²) in [5.74, 6) is -0.729. The van der Waals surface area contributed by atoms with E-state index in [0.717, 1.165) is 5.56 Å². The second-order valence-corrected chi connectivity index (χ2v) is 10.5. The number of piperidine rings is 1. The molecule has 3 amide bonds. The summed E-state index contributed by atoms with van der Waals surface area (Å²) in [6.45, 7) is 9.40. The second kappa shape index (κ2) is 13.3. The van der Waals surface area contributed by atoms with Crippen molar-refractivity contribution in [1.29, 1.82) is 0 Å². The lowest BCUT2D eigenvalue weighted by Crippen LogP contribution is -2.41. The molecule has 0 aliphatic carbocycles. The Bertz CT molecular complexity index is 1110. The maximum Gasteiger partial charge on any atom is 0.309 e. The van der Waals surface area contributed by atoms with E-state index in [1.165, 1.54) is 11.3 Å². The number of aromatic nitrogens is 1. The van der Waals surface area contributed by atoms with Crippen LogP contribution in [0.3, 0.4) is 0 Å². The topological polar surface area (TPSA) is 109 Å². The smallest absolute Gasteiger partial charge is 0.309 e. The zero-order chi connectivity index (χ0) is 26.9. The van der Waals surface area contributed by atoms with Crippen molar-refractivity contribution in [3.8, 4) is 0 Å². The van der Waals surface area contributed by atoms with E-state index in [-0.39, 0.29) is 48.5 Å². The van der Waals surface area contributed by atoms with E-state index in [0.29, 0.717) is 55.5 Å². The fraction of sp³-hybridized carbons (Fsp3) is 0.519. The van der Waals surface area contributed by atoms with Crippen LogP contribution >= 0.6 is 11.3 Å². The summed E-state index contributed by atoms with van der Waals surface area (Å²) in [4.78, 5) is 58.2.